The van der Waals surface area contributed by atoms with Crippen molar-refractivity contribution in [2.24, 2.45) is 0 Å². The summed E-state index contributed by atoms with van der Waals surface area (Å²) in [6.07, 6.45) is -0.709. The highest BCUT2D eigenvalue weighted by atomic mass is 35.5. The van der Waals surface area contributed by atoms with Gasteiger partial charge in [-0.1, -0.05) is 41.4 Å². The van der Waals surface area contributed by atoms with Crippen LogP contribution in [0, 0.1) is 6.92 Å². The molecule has 0 radical (unpaired) electrons. The molecule has 24 heavy (non-hydrogen) atoms. The van der Waals surface area contributed by atoms with Crippen LogP contribution >= 0.6 is 23.4 Å². The minimum atomic E-state index is -0.709. The van der Waals surface area contributed by atoms with Crippen molar-refractivity contribution >= 4 is 29.4 Å². The van der Waals surface area contributed by atoms with Crippen LogP contribution in [0.25, 0.3) is 0 Å². The van der Waals surface area contributed by atoms with Crippen molar-refractivity contribution in [3.05, 3.63) is 64.7 Å². The molecule has 2 amide bonds. The summed E-state index contributed by atoms with van der Waals surface area (Å²) < 4.78 is 0. The summed E-state index contributed by atoms with van der Waals surface area (Å²) >= 11 is 7.47. The molecule has 1 atom stereocenters. The SMILES string of the molecule is Cc1ccc(C(O)CNC(=O)NCCSc2ccc(Cl)cc2)cc1. The molecule has 0 aromatic heterocycles. The van der Waals surface area contributed by atoms with E-state index < -0.39 is 6.10 Å². The van der Waals surface area contributed by atoms with Gasteiger partial charge in [0.2, 0.25) is 0 Å². The number of hydrogen-bond donors (Lipinski definition) is 3. The van der Waals surface area contributed by atoms with Gasteiger partial charge in [-0.15, -0.1) is 11.8 Å². The molecule has 2 aromatic carbocycles. The molecule has 2 aromatic rings. The average Bonchev–Trinajstić information content (AvgIpc) is 2.59. The predicted octanol–water partition coefficient (Wildman–Crippen LogP) is 3.77. The van der Waals surface area contributed by atoms with E-state index >= 15 is 0 Å². The Hall–Kier alpha value is -1.69. The second-order valence-corrected chi connectivity index (χ2v) is 6.97. The molecule has 6 heteroatoms. The first-order valence-electron chi connectivity index (χ1n) is 7.69. The Morgan fingerprint density at radius 2 is 1.79 bits per heavy atom. The summed E-state index contributed by atoms with van der Waals surface area (Å²) in [7, 11) is 0. The van der Waals surface area contributed by atoms with Crippen LogP contribution in [0.15, 0.2) is 53.4 Å². The summed E-state index contributed by atoms with van der Waals surface area (Å²) in [5.41, 5.74) is 1.93. The van der Waals surface area contributed by atoms with Gasteiger partial charge in [0.05, 0.1) is 6.10 Å². The number of urea groups is 1. The number of aliphatic hydroxyl groups is 1. The maximum absolute atomic E-state index is 11.7. The van der Waals surface area contributed by atoms with E-state index in [1.165, 1.54) is 0 Å². The quantitative estimate of drug-likeness (QED) is 0.517. The Labute approximate surface area is 151 Å². The zero-order chi connectivity index (χ0) is 17.4. The van der Waals surface area contributed by atoms with Crippen LogP contribution < -0.4 is 10.6 Å². The Balaban J connectivity index is 1.62. The normalized spacial score (nSPS) is 11.8. The number of halogens is 1. The van der Waals surface area contributed by atoms with Gasteiger partial charge < -0.3 is 15.7 Å². The Morgan fingerprint density at radius 3 is 2.46 bits per heavy atom. The van der Waals surface area contributed by atoms with E-state index in [0.29, 0.717) is 11.6 Å². The molecule has 0 aliphatic heterocycles. The lowest BCUT2D eigenvalue weighted by molar-refractivity contribution is 0.173. The van der Waals surface area contributed by atoms with Crippen molar-refractivity contribution in [1.82, 2.24) is 10.6 Å². The van der Waals surface area contributed by atoms with Crippen molar-refractivity contribution in [3.63, 3.8) is 0 Å². The number of amides is 2. The number of carbonyl (C=O) groups excluding carboxylic acids is 1. The van der Waals surface area contributed by atoms with E-state index in [1.54, 1.807) is 11.8 Å². The Kier molecular flexibility index (Phi) is 7.43. The topological polar surface area (TPSA) is 61.4 Å². The third kappa shape index (κ3) is 6.43. The van der Waals surface area contributed by atoms with E-state index in [0.717, 1.165) is 21.8 Å². The standard InChI is InChI=1S/C18H21ClN2O2S/c1-13-2-4-14(5-3-13)17(22)12-21-18(23)20-10-11-24-16-8-6-15(19)7-9-16/h2-9,17,22H,10-12H2,1H3,(H2,20,21,23). The maximum atomic E-state index is 11.7. The molecule has 0 bridgehead atoms. The molecule has 0 spiro atoms. The maximum Gasteiger partial charge on any atom is 0.314 e. The van der Waals surface area contributed by atoms with Crippen LogP contribution in [0.2, 0.25) is 5.02 Å². The van der Waals surface area contributed by atoms with Crippen molar-refractivity contribution in [1.29, 1.82) is 0 Å². The molecular formula is C18H21ClN2O2S. The fraction of sp³-hybridized carbons (Fsp3) is 0.278. The predicted molar refractivity (Wildman–Crippen MR) is 99.7 cm³/mol. The number of rotatable bonds is 7. The summed E-state index contributed by atoms with van der Waals surface area (Å²) in [4.78, 5) is 12.8. The Morgan fingerprint density at radius 1 is 1.12 bits per heavy atom. The van der Waals surface area contributed by atoms with Crippen LogP contribution in [0.3, 0.4) is 0 Å². The van der Waals surface area contributed by atoms with Gasteiger partial charge in [-0.05, 0) is 36.8 Å². The summed E-state index contributed by atoms with van der Waals surface area (Å²) in [6.45, 7) is 2.71. The second kappa shape index (κ2) is 9.57. The molecule has 0 fully saturated rings. The van der Waals surface area contributed by atoms with Gasteiger partial charge in [0.1, 0.15) is 0 Å². The number of thioether (sulfide) groups is 1. The highest BCUT2D eigenvalue weighted by Crippen LogP contribution is 2.19. The van der Waals surface area contributed by atoms with Gasteiger partial charge in [-0.25, -0.2) is 4.79 Å². The van der Waals surface area contributed by atoms with E-state index in [1.807, 2.05) is 55.5 Å². The molecule has 0 saturated carbocycles. The molecule has 3 N–H and O–H groups in total. The van der Waals surface area contributed by atoms with Crippen LogP contribution in [0.5, 0.6) is 0 Å². The lowest BCUT2D eigenvalue weighted by Crippen LogP contribution is -2.38. The van der Waals surface area contributed by atoms with Gasteiger partial charge in [0.25, 0.3) is 0 Å². The molecule has 0 saturated heterocycles. The monoisotopic (exact) mass is 364 g/mol. The van der Waals surface area contributed by atoms with Crippen molar-refractivity contribution in [3.8, 4) is 0 Å². The largest absolute Gasteiger partial charge is 0.387 e. The summed E-state index contributed by atoms with van der Waals surface area (Å²) in [6, 6.07) is 14.9. The molecule has 0 aliphatic rings. The molecule has 1 unspecified atom stereocenters. The first-order valence-corrected chi connectivity index (χ1v) is 9.05. The first kappa shape index (κ1) is 18.6. The number of aryl methyl sites for hydroxylation is 1. The van der Waals surface area contributed by atoms with Crippen LogP contribution in [-0.4, -0.2) is 30.0 Å². The molecule has 2 rings (SSSR count). The van der Waals surface area contributed by atoms with Gasteiger partial charge in [-0.2, -0.15) is 0 Å². The van der Waals surface area contributed by atoms with Gasteiger partial charge >= 0.3 is 6.03 Å². The van der Waals surface area contributed by atoms with Crippen molar-refractivity contribution in [2.45, 2.75) is 17.9 Å². The van der Waals surface area contributed by atoms with Gasteiger partial charge in [0, 0.05) is 28.8 Å². The van der Waals surface area contributed by atoms with Gasteiger partial charge in [0.15, 0.2) is 0 Å². The number of carbonyl (C=O) groups is 1. The fourth-order valence-corrected chi connectivity index (χ4v) is 2.92. The summed E-state index contributed by atoms with van der Waals surface area (Å²) in [5.74, 6) is 0.759. The lowest BCUT2D eigenvalue weighted by Gasteiger charge is -2.13. The molecule has 0 aliphatic carbocycles. The van der Waals surface area contributed by atoms with Crippen LogP contribution in [0.4, 0.5) is 4.79 Å². The average molecular weight is 365 g/mol. The highest BCUT2D eigenvalue weighted by molar-refractivity contribution is 7.99. The van der Waals surface area contributed by atoms with Crippen molar-refractivity contribution in [2.75, 3.05) is 18.8 Å². The van der Waals surface area contributed by atoms with E-state index in [2.05, 4.69) is 10.6 Å². The number of benzene rings is 2. The third-order valence-corrected chi connectivity index (χ3v) is 4.65. The van der Waals surface area contributed by atoms with E-state index in [-0.39, 0.29) is 12.6 Å². The van der Waals surface area contributed by atoms with Crippen LogP contribution in [0.1, 0.15) is 17.2 Å². The number of hydrogen-bond acceptors (Lipinski definition) is 3. The molecule has 128 valence electrons. The number of aliphatic hydroxyl groups excluding tert-OH is 1. The summed E-state index contributed by atoms with van der Waals surface area (Å²) in [5, 5.41) is 16.2. The molecule has 4 nitrogen and oxygen atoms in total. The molecule has 0 heterocycles. The van der Waals surface area contributed by atoms with Crippen molar-refractivity contribution < 1.29 is 9.90 Å². The van der Waals surface area contributed by atoms with Crippen LogP contribution in [-0.2, 0) is 0 Å². The smallest absolute Gasteiger partial charge is 0.314 e. The minimum Gasteiger partial charge on any atom is -0.387 e. The Bertz CT molecular complexity index is 647. The zero-order valence-corrected chi connectivity index (χ0v) is 15.0. The highest BCUT2D eigenvalue weighted by Gasteiger charge is 2.08. The number of nitrogens with one attached hydrogen (secondary N) is 2. The second-order valence-electron chi connectivity index (χ2n) is 5.37. The third-order valence-electron chi connectivity index (χ3n) is 3.39. The molecular weight excluding hydrogens is 344 g/mol. The first-order chi connectivity index (χ1) is 11.5. The minimum absolute atomic E-state index is 0.180. The fourth-order valence-electron chi connectivity index (χ4n) is 2.02. The van der Waals surface area contributed by atoms with E-state index in [4.69, 9.17) is 11.6 Å². The van der Waals surface area contributed by atoms with E-state index in [9.17, 15) is 9.90 Å². The zero-order valence-electron chi connectivity index (χ0n) is 13.5. The lowest BCUT2D eigenvalue weighted by atomic mass is 10.1. The van der Waals surface area contributed by atoms with Gasteiger partial charge in [-0.3, -0.25) is 0 Å².